The lowest BCUT2D eigenvalue weighted by Crippen LogP contribution is -2.33. The minimum atomic E-state index is -0.628. The molecule has 2 nitrogen and oxygen atoms in total. The summed E-state index contributed by atoms with van der Waals surface area (Å²) in [6, 6.07) is 4.67. The molecule has 0 saturated heterocycles. The molecule has 4 heteroatoms. The largest absolute Gasteiger partial charge is 0.390 e. The molecule has 2 unspecified atom stereocenters. The number of hydrogen-bond acceptors (Lipinski definition) is 2. The lowest BCUT2D eigenvalue weighted by molar-refractivity contribution is -0.0439. The minimum absolute atomic E-state index is 0.0996. The maximum atomic E-state index is 13.3. The molecule has 1 saturated carbocycles. The van der Waals surface area contributed by atoms with E-state index in [0.29, 0.717) is 24.5 Å². The van der Waals surface area contributed by atoms with E-state index in [1.807, 2.05) is 6.92 Å². The second-order valence-electron chi connectivity index (χ2n) is 4.74. The van der Waals surface area contributed by atoms with E-state index in [-0.39, 0.29) is 11.1 Å². The van der Waals surface area contributed by atoms with Crippen LogP contribution < -0.4 is 0 Å². The fourth-order valence-corrected chi connectivity index (χ4v) is 2.43. The molecule has 1 aliphatic rings. The lowest BCUT2D eigenvalue weighted by atomic mass is 10.0. The van der Waals surface area contributed by atoms with E-state index in [9.17, 15) is 9.50 Å². The molecule has 1 N–H and O–H groups in total. The maximum absolute atomic E-state index is 13.3. The van der Waals surface area contributed by atoms with Crippen molar-refractivity contribution in [1.82, 2.24) is 0 Å². The zero-order valence-corrected chi connectivity index (χ0v) is 11.2. The zero-order chi connectivity index (χ0) is 13.1. The molecule has 1 aromatic carbocycles. The number of ether oxygens (including phenoxy) is 1. The SMILES string of the molecule is CCOC(C(O)Cc1cccc(F)c1Cl)C1CC1. The lowest BCUT2D eigenvalue weighted by Gasteiger charge is -2.23. The molecule has 18 heavy (non-hydrogen) atoms. The molecule has 0 spiro atoms. The summed E-state index contributed by atoms with van der Waals surface area (Å²) in [5.74, 6) is -0.00645. The van der Waals surface area contributed by atoms with Gasteiger partial charge in [0.25, 0.3) is 0 Å². The van der Waals surface area contributed by atoms with Gasteiger partial charge >= 0.3 is 0 Å². The van der Waals surface area contributed by atoms with Gasteiger partial charge < -0.3 is 9.84 Å². The molecule has 1 aliphatic carbocycles. The summed E-state index contributed by atoms with van der Waals surface area (Å²) in [5, 5.41) is 10.3. The van der Waals surface area contributed by atoms with Crippen LogP contribution in [0.15, 0.2) is 18.2 Å². The Morgan fingerprint density at radius 2 is 2.22 bits per heavy atom. The predicted molar refractivity (Wildman–Crippen MR) is 69.3 cm³/mol. The van der Waals surface area contributed by atoms with Crippen LogP contribution >= 0.6 is 11.6 Å². The molecule has 1 aromatic rings. The van der Waals surface area contributed by atoms with Gasteiger partial charge in [-0.05, 0) is 37.3 Å². The zero-order valence-electron chi connectivity index (χ0n) is 10.4. The highest BCUT2D eigenvalue weighted by atomic mass is 35.5. The van der Waals surface area contributed by atoms with E-state index in [1.54, 1.807) is 12.1 Å². The highest BCUT2D eigenvalue weighted by Gasteiger charge is 2.36. The molecular weight excluding hydrogens is 255 g/mol. The van der Waals surface area contributed by atoms with Gasteiger partial charge in [0.2, 0.25) is 0 Å². The summed E-state index contributed by atoms with van der Waals surface area (Å²) in [7, 11) is 0. The maximum Gasteiger partial charge on any atom is 0.142 e. The number of hydrogen-bond donors (Lipinski definition) is 1. The summed E-state index contributed by atoms with van der Waals surface area (Å²) in [4.78, 5) is 0. The molecule has 0 aliphatic heterocycles. The van der Waals surface area contributed by atoms with Crippen molar-refractivity contribution in [3.8, 4) is 0 Å². The van der Waals surface area contributed by atoms with Crippen molar-refractivity contribution < 1.29 is 14.2 Å². The predicted octanol–water partition coefficient (Wildman–Crippen LogP) is 3.20. The van der Waals surface area contributed by atoms with Crippen molar-refractivity contribution in [3.63, 3.8) is 0 Å². The van der Waals surface area contributed by atoms with Gasteiger partial charge in [-0.15, -0.1) is 0 Å². The van der Waals surface area contributed by atoms with E-state index in [4.69, 9.17) is 16.3 Å². The highest BCUT2D eigenvalue weighted by molar-refractivity contribution is 6.31. The Morgan fingerprint density at radius 3 is 2.83 bits per heavy atom. The van der Waals surface area contributed by atoms with Crippen molar-refractivity contribution in [2.24, 2.45) is 5.92 Å². The van der Waals surface area contributed by atoms with Crippen molar-refractivity contribution in [2.45, 2.75) is 38.4 Å². The summed E-state index contributed by atoms with van der Waals surface area (Å²) in [6.07, 6.45) is 1.74. The minimum Gasteiger partial charge on any atom is -0.390 e. The van der Waals surface area contributed by atoms with E-state index in [1.165, 1.54) is 6.07 Å². The molecule has 1 fully saturated rings. The van der Waals surface area contributed by atoms with Crippen LogP contribution in [0.5, 0.6) is 0 Å². The quantitative estimate of drug-likeness (QED) is 0.862. The third-order valence-corrected chi connectivity index (χ3v) is 3.71. The first kappa shape index (κ1) is 13.8. The molecular formula is C14H18ClFO2. The fraction of sp³-hybridized carbons (Fsp3) is 0.571. The average Bonchev–Trinajstić information content (AvgIpc) is 3.16. The summed E-state index contributed by atoms with van der Waals surface area (Å²) >= 11 is 5.89. The molecule has 0 radical (unpaired) electrons. The molecule has 0 bridgehead atoms. The molecule has 100 valence electrons. The van der Waals surface area contributed by atoms with Crippen LogP contribution in [0, 0.1) is 11.7 Å². The van der Waals surface area contributed by atoms with Gasteiger partial charge in [0.15, 0.2) is 0 Å². The van der Waals surface area contributed by atoms with Crippen molar-refractivity contribution >= 4 is 11.6 Å². The van der Waals surface area contributed by atoms with Gasteiger partial charge in [-0.2, -0.15) is 0 Å². The first-order chi connectivity index (χ1) is 8.63. The normalized spacial score (nSPS) is 18.7. The molecule has 0 heterocycles. The number of benzene rings is 1. The second kappa shape index (κ2) is 6.00. The van der Waals surface area contributed by atoms with Crippen LogP contribution in [0.3, 0.4) is 0 Å². The Hall–Kier alpha value is -0.640. The second-order valence-corrected chi connectivity index (χ2v) is 5.12. The fourth-order valence-electron chi connectivity index (χ4n) is 2.23. The highest BCUT2D eigenvalue weighted by Crippen LogP contribution is 2.37. The molecule has 0 amide bonds. The van der Waals surface area contributed by atoms with Gasteiger partial charge in [-0.3, -0.25) is 0 Å². The van der Waals surface area contributed by atoms with Crippen LogP contribution in [0.1, 0.15) is 25.3 Å². The summed E-state index contributed by atoms with van der Waals surface area (Å²) in [5.41, 5.74) is 0.634. The van der Waals surface area contributed by atoms with Gasteiger partial charge in [0.05, 0.1) is 17.2 Å². The monoisotopic (exact) mass is 272 g/mol. The van der Waals surface area contributed by atoms with Gasteiger partial charge in [-0.25, -0.2) is 4.39 Å². The van der Waals surface area contributed by atoms with Crippen LogP contribution in [-0.4, -0.2) is 23.9 Å². The van der Waals surface area contributed by atoms with Crippen molar-refractivity contribution in [2.75, 3.05) is 6.61 Å². The standard InChI is InChI=1S/C14H18ClFO2/c1-2-18-14(9-6-7-9)12(17)8-10-4-3-5-11(16)13(10)15/h3-5,9,12,14,17H,2,6-8H2,1H3. The third kappa shape index (κ3) is 3.22. The van der Waals surface area contributed by atoms with Crippen LogP contribution in [0.4, 0.5) is 4.39 Å². The Bertz CT molecular complexity index is 407. The third-order valence-electron chi connectivity index (χ3n) is 3.29. The number of aliphatic hydroxyl groups is 1. The number of halogens is 2. The number of rotatable bonds is 6. The van der Waals surface area contributed by atoms with E-state index in [0.717, 1.165) is 12.8 Å². The van der Waals surface area contributed by atoms with Gasteiger partial charge in [-0.1, -0.05) is 23.7 Å². The number of aliphatic hydroxyl groups excluding tert-OH is 1. The van der Waals surface area contributed by atoms with Crippen molar-refractivity contribution in [1.29, 1.82) is 0 Å². The van der Waals surface area contributed by atoms with Gasteiger partial charge in [0.1, 0.15) is 5.82 Å². The van der Waals surface area contributed by atoms with Crippen LogP contribution in [0.25, 0.3) is 0 Å². The van der Waals surface area contributed by atoms with Crippen molar-refractivity contribution in [3.05, 3.63) is 34.6 Å². The summed E-state index contributed by atoms with van der Waals surface area (Å²) < 4.78 is 18.9. The average molecular weight is 273 g/mol. The molecule has 2 atom stereocenters. The Balaban J connectivity index is 2.04. The smallest absolute Gasteiger partial charge is 0.142 e. The van der Waals surface area contributed by atoms with E-state index < -0.39 is 11.9 Å². The van der Waals surface area contributed by atoms with E-state index >= 15 is 0 Å². The Kier molecular flexibility index (Phi) is 4.60. The topological polar surface area (TPSA) is 29.5 Å². The van der Waals surface area contributed by atoms with Crippen LogP contribution in [-0.2, 0) is 11.2 Å². The summed E-state index contributed by atoms with van der Waals surface area (Å²) in [6.45, 7) is 2.49. The Morgan fingerprint density at radius 1 is 1.50 bits per heavy atom. The van der Waals surface area contributed by atoms with Crippen LogP contribution in [0.2, 0.25) is 5.02 Å². The molecule has 0 aromatic heterocycles. The van der Waals surface area contributed by atoms with Gasteiger partial charge in [0, 0.05) is 13.0 Å². The van der Waals surface area contributed by atoms with E-state index in [2.05, 4.69) is 0 Å². The first-order valence-electron chi connectivity index (χ1n) is 6.36. The first-order valence-corrected chi connectivity index (χ1v) is 6.73. The Labute approximate surface area is 112 Å². The molecule has 2 rings (SSSR count).